The second-order valence-corrected chi connectivity index (χ2v) is 6.78. The molecule has 19 heavy (non-hydrogen) atoms. The van der Waals surface area contributed by atoms with E-state index in [-0.39, 0.29) is 16.1 Å². The van der Waals surface area contributed by atoms with Gasteiger partial charge < -0.3 is 10.9 Å². The molecule has 0 aliphatic carbocycles. The number of nitrogens with two attached hydrogens (primary N) is 1. The van der Waals surface area contributed by atoms with Crippen molar-refractivity contribution in [1.29, 1.82) is 0 Å². The molecule has 0 radical (unpaired) electrons. The fraction of sp³-hybridized carbons (Fsp3) is 0.417. The van der Waals surface area contributed by atoms with Crippen molar-refractivity contribution in [1.82, 2.24) is 0 Å². The molecule has 0 aliphatic heterocycles. The van der Waals surface area contributed by atoms with Crippen molar-refractivity contribution in [3.8, 4) is 0 Å². The van der Waals surface area contributed by atoms with Crippen molar-refractivity contribution >= 4 is 17.6 Å². The van der Waals surface area contributed by atoms with E-state index in [0.717, 1.165) is 12.1 Å². The lowest BCUT2D eigenvalue weighted by atomic mass is 10.1. The third-order valence-electron chi connectivity index (χ3n) is 2.11. The molecule has 0 aliphatic rings. The van der Waals surface area contributed by atoms with Crippen LogP contribution >= 0.6 is 11.8 Å². The summed E-state index contributed by atoms with van der Waals surface area (Å²) in [6, 6.07) is 3.22. The first-order chi connectivity index (χ1) is 8.54. The lowest BCUT2D eigenvalue weighted by Crippen LogP contribution is -2.18. The van der Waals surface area contributed by atoms with Gasteiger partial charge in [-0.15, -0.1) is 11.8 Å². The number of alkyl halides is 3. The van der Waals surface area contributed by atoms with Crippen molar-refractivity contribution in [2.45, 2.75) is 36.6 Å². The van der Waals surface area contributed by atoms with E-state index in [0.29, 0.717) is 4.90 Å². The Balaban J connectivity index is 3.33. The quantitative estimate of drug-likeness (QED) is 0.287. The number of benzene rings is 1. The minimum absolute atomic E-state index is 0.0808. The highest BCUT2D eigenvalue weighted by Gasteiger charge is 2.31. The van der Waals surface area contributed by atoms with Crippen LogP contribution in [0.1, 0.15) is 31.9 Å². The Bertz CT molecular complexity index is 493. The van der Waals surface area contributed by atoms with E-state index in [1.54, 1.807) is 0 Å². The number of halogens is 3. The topological polar surface area (TPSA) is 58.6 Å². The van der Waals surface area contributed by atoms with Crippen LogP contribution in [0.2, 0.25) is 0 Å². The van der Waals surface area contributed by atoms with Gasteiger partial charge in [0.05, 0.1) is 5.56 Å². The third-order valence-corrected chi connectivity index (χ3v) is 3.30. The van der Waals surface area contributed by atoms with Crippen molar-refractivity contribution in [3.63, 3.8) is 0 Å². The van der Waals surface area contributed by atoms with E-state index in [9.17, 15) is 13.2 Å². The van der Waals surface area contributed by atoms with Gasteiger partial charge in [0.1, 0.15) is 0 Å². The van der Waals surface area contributed by atoms with Gasteiger partial charge in [0.25, 0.3) is 0 Å². The van der Waals surface area contributed by atoms with Crippen LogP contribution in [-0.4, -0.2) is 15.8 Å². The summed E-state index contributed by atoms with van der Waals surface area (Å²) in [5.41, 5.74) is 4.70. The molecule has 0 unspecified atom stereocenters. The Morgan fingerprint density at radius 3 is 2.26 bits per heavy atom. The molecule has 0 aromatic heterocycles. The number of hydrogen-bond acceptors (Lipinski definition) is 3. The molecule has 0 spiro atoms. The SMILES string of the molecule is CC(C)(C)Sc1ccc(C(F)(F)F)cc1/C(N)=N/O. The van der Waals surface area contributed by atoms with E-state index in [4.69, 9.17) is 10.9 Å². The molecule has 0 atom stereocenters. The lowest BCUT2D eigenvalue weighted by Gasteiger charge is -2.20. The number of rotatable bonds is 2. The molecule has 3 N–H and O–H groups in total. The van der Waals surface area contributed by atoms with Crippen LogP contribution in [0.5, 0.6) is 0 Å². The van der Waals surface area contributed by atoms with Gasteiger partial charge in [0.2, 0.25) is 0 Å². The molecule has 1 rings (SSSR count). The number of amidine groups is 1. The predicted octanol–water partition coefficient (Wildman–Crippen LogP) is 3.69. The van der Waals surface area contributed by atoms with Gasteiger partial charge >= 0.3 is 6.18 Å². The largest absolute Gasteiger partial charge is 0.416 e. The summed E-state index contributed by atoms with van der Waals surface area (Å²) in [5.74, 6) is -0.335. The summed E-state index contributed by atoms with van der Waals surface area (Å²) in [6.07, 6.45) is -4.46. The minimum atomic E-state index is -4.46. The maximum Gasteiger partial charge on any atom is 0.416 e. The maximum atomic E-state index is 12.7. The number of hydrogen-bond donors (Lipinski definition) is 2. The van der Waals surface area contributed by atoms with Crippen molar-refractivity contribution in [2.24, 2.45) is 10.9 Å². The van der Waals surface area contributed by atoms with Gasteiger partial charge in [-0.2, -0.15) is 13.2 Å². The predicted molar refractivity (Wildman–Crippen MR) is 69.6 cm³/mol. The van der Waals surface area contributed by atoms with Gasteiger partial charge in [0.15, 0.2) is 5.84 Å². The zero-order valence-corrected chi connectivity index (χ0v) is 11.6. The summed E-state index contributed by atoms with van der Waals surface area (Å²) in [6.45, 7) is 5.77. The van der Waals surface area contributed by atoms with Crippen LogP contribution in [-0.2, 0) is 6.18 Å². The van der Waals surface area contributed by atoms with Crippen LogP contribution in [0.15, 0.2) is 28.3 Å². The Hall–Kier alpha value is -1.37. The molecule has 3 nitrogen and oxygen atoms in total. The van der Waals surface area contributed by atoms with Crippen LogP contribution in [0.3, 0.4) is 0 Å². The average molecular weight is 292 g/mol. The smallest absolute Gasteiger partial charge is 0.409 e. The molecule has 1 aromatic carbocycles. The minimum Gasteiger partial charge on any atom is -0.409 e. The Morgan fingerprint density at radius 1 is 1.26 bits per heavy atom. The molecule has 7 heteroatoms. The standard InChI is InChI=1S/C12H15F3N2OS/c1-11(2,3)19-9-5-4-7(12(13,14)15)6-8(9)10(16)17-18/h4-6,18H,1-3H3,(H2,16,17). The Labute approximate surface area is 113 Å². The van der Waals surface area contributed by atoms with Crippen molar-refractivity contribution in [3.05, 3.63) is 29.3 Å². The summed E-state index contributed by atoms with van der Waals surface area (Å²) < 4.78 is 37.8. The maximum absolute atomic E-state index is 12.7. The van der Waals surface area contributed by atoms with Crippen LogP contribution < -0.4 is 5.73 Å². The van der Waals surface area contributed by atoms with Gasteiger partial charge in [-0.05, 0) is 18.2 Å². The molecular weight excluding hydrogens is 277 g/mol. The van der Waals surface area contributed by atoms with Crippen molar-refractivity contribution < 1.29 is 18.4 Å². The van der Waals surface area contributed by atoms with E-state index in [1.165, 1.54) is 17.8 Å². The van der Waals surface area contributed by atoms with Crippen LogP contribution in [0, 0.1) is 0 Å². The zero-order valence-electron chi connectivity index (χ0n) is 10.7. The van der Waals surface area contributed by atoms with Gasteiger partial charge in [-0.1, -0.05) is 25.9 Å². The molecule has 0 fully saturated rings. The summed E-state index contributed by atoms with van der Waals surface area (Å²) in [4.78, 5) is 0.538. The molecule has 0 saturated carbocycles. The average Bonchev–Trinajstić information content (AvgIpc) is 2.25. The highest BCUT2D eigenvalue weighted by atomic mass is 32.2. The first kappa shape index (κ1) is 15.7. The third kappa shape index (κ3) is 4.34. The Morgan fingerprint density at radius 2 is 1.84 bits per heavy atom. The molecule has 106 valence electrons. The van der Waals surface area contributed by atoms with E-state index >= 15 is 0 Å². The first-order valence-corrected chi connectivity index (χ1v) is 6.24. The van der Waals surface area contributed by atoms with Crippen LogP contribution in [0.25, 0.3) is 0 Å². The van der Waals surface area contributed by atoms with Crippen molar-refractivity contribution in [2.75, 3.05) is 0 Å². The van der Waals surface area contributed by atoms with Gasteiger partial charge in [-0.25, -0.2) is 0 Å². The second-order valence-electron chi connectivity index (χ2n) is 4.91. The molecule has 0 amide bonds. The summed E-state index contributed by atoms with van der Waals surface area (Å²) in [5, 5.41) is 11.5. The monoisotopic (exact) mass is 292 g/mol. The van der Waals surface area contributed by atoms with E-state index in [1.807, 2.05) is 20.8 Å². The fourth-order valence-corrected chi connectivity index (χ4v) is 2.45. The van der Waals surface area contributed by atoms with Crippen LogP contribution in [0.4, 0.5) is 13.2 Å². The molecule has 0 heterocycles. The highest BCUT2D eigenvalue weighted by Crippen LogP contribution is 2.37. The van der Waals surface area contributed by atoms with Gasteiger partial charge in [0, 0.05) is 15.2 Å². The van der Waals surface area contributed by atoms with E-state index < -0.39 is 11.7 Å². The summed E-state index contributed by atoms with van der Waals surface area (Å²) >= 11 is 1.35. The number of nitrogens with zero attached hydrogens (tertiary/aromatic N) is 1. The van der Waals surface area contributed by atoms with E-state index in [2.05, 4.69) is 5.16 Å². The highest BCUT2D eigenvalue weighted by molar-refractivity contribution is 8.00. The molecule has 1 aromatic rings. The summed E-state index contributed by atoms with van der Waals surface area (Å²) in [7, 11) is 0. The zero-order chi connectivity index (χ0) is 14.8. The number of oxime groups is 1. The Kier molecular flexibility index (Phi) is 4.39. The first-order valence-electron chi connectivity index (χ1n) is 5.43. The molecule has 0 bridgehead atoms. The second kappa shape index (κ2) is 5.32. The molecule has 0 saturated heterocycles. The number of thioether (sulfide) groups is 1. The lowest BCUT2D eigenvalue weighted by molar-refractivity contribution is -0.137. The normalized spacial score (nSPS) is 13.7. The van der Waals surface area contributed by atoms with Gasteiger partial charge in [-0.3, -0.25) is 0 Å². The fourth-order valence-electron chi connectivity index (χ4n) is 1.38. The molecular formula is C12H15F3N2OS.